The monoisotopic (exact) mass is 368 g/mol. The first-order chi connectivity index (χ1) is 13.1. The molecule has 140 valence electrons. The molecule has 8 heteroatoms. The van der Waals surface area contributed by atoms with Crippen LogP contribution in [0.15, 0.2) is 36.5 Å². The van der Waals surface area contributed by atoms with Crippen LogP contribution >= 0.6 is 0 Å². The summed E-state index contributed by atoms with van der Waals surface area (Å²) in [6, 6.07) is 7.69. The summed E-state index contributed by atoms with van der Waals surface area (Å²) in [6.45, 7) is 2.09. The third kappa shape index (κ3) is 4.06. The summed E-state index contributed by atoms with van der Waals surface area (Å²) in [6.07, 6.45) is 6.05. The molecule has 0 radical (unpaired) electrons. The molecular formula is C19H22N5O3+. The normalized spacial score (nSPS) is 16.9. The molecule has 27 heavy (non-hydrogen) atoms. The molecule has 1 amide bonds. The largest absolute Gasteiger partial charge is 0.368 e. The van der Waals surface area contributed by atoms with Crippen molar-refractivity contribution < 1.29 is 14.4 Å². The van der Waals surface area contributed by atoms with Crippen LogP contribution in [0.1, 0.15) is 16.8 Å². The fraction of sp³-hybridized carbons (Fsp3) is 0.368. The lowest BCUT2D eigenvalue weighted by molar-refractivity contribution is -0.520. The number of nitrogens with zero attached hydrogens (tertiary/aromatic N) is 4. The van der Waals surface area contributed by atoms with Crippen molar-refractivity contribution in [2.45, 2.75) is 19.1 Å². The number of hydrogen-bond donors (Lipinski definition) is 1. The molecule has 0 bridgehead atoms. The van der Waals surface area contributed by atoms with Crippen molar-refractivity contribution in [2.24, 2.45) is 7.05 Å². The summed E-state index contributed by atoms with van der Waals surface area (Å²) in [4.78, 5) is 26.2. The molecule has 1 N–H and O–H groups in total. The molecular weight excluding hydrogens is 346 g/mol. The Labute approximate surface area is 157 Å². The van der Waals surface area contributed by atoms with Crippen LogP contribution in [-0.2, 0) is 29.6 Å². The highest BCUT2D eigenvalue weighted by Gasteiger charge is 2.30. The molecule has 0 aliphatic carbocycles. The number of aromatic nitrogens is 2. The fourth-order valence-corrected chi connectivity index (χ4v) is 3.19. The molecule has 4 rings (SSSR count). The van der Waals surface area contributed by atoms with Crippen molar-refractivity contribution in [1.29, 1.82) is 0 Å². The van der Waals surface area contributed by atoms with Gasteiger partial charge in [-0.15, -0.1) is 5.43 Å². The van der Waals surface area contributed by atoms with E-state index in [0.29, 0.717) is 32.7 Å². The average molecular weight is 368 g/mol. The molecule has 2 aliphatic heterocycles. The molecule has 0 unspecified atom stereocenters. The standard InChI is InChI=1S/C19H21N5O3/c1-22-8-7-16(20-22)13-27-17-11-23(12-17)19(25)5-3-14-2-4-18-15(10-14)6-9-24(26)21-18/h2-5,7-8,10,17H,6,9,11-13H2,1H3/p+1. The van der Waals surface area contributed by atoms with Crippen LogP contribution in [0.4, 0.5) is 5.69 Å². The quantitative estimate of drug-likeness (QED) is 0.639. The number of amides is 1. The molecule has 1 aromatic carbocycles. The smallest absolute Gasteiger partial charge is 0.246 e. The highest BCUT2D eigenvalue weighted by Crippen LogP contribution is 2.22. The van der Waals surface area contributed by atoms with Crippen molar-refractivity contribution in [3.8, 4) is 0 Å². The van der Waals surface area contributed by atoms with Gasteiger partial charge in [-0.3, -0.25) is 9.48 Å². The van der Waals surface area contributed by atoms with Gasteiger partial charge in [0.05, 0.1) is 23.3 Å². The summed E-state index contributed by atoms with van der Waals surface area (Å²) in [7, 11) is 1.87. The number of carbonyl (C=O) groups excluding carboxylic acids is 1. The van der Waals surface area contributed by atoms with Gasteiger partial charge in [0.1, 0.15) is 10.6 Å². The Kier molecular flexibility index (Phi) is 4.72. The lowest BCUT2D eigenvalue weighted by atomic mass is 10.0. The topological polar surface area (TPSA) is 79.5 Å². The zero-order valence-electron chi connectivity index (χ0n) is 15.2. The number of hydrogen-bond acceptors (Lipinski definition) is 4. The number of nitrogens with one attached hydrogen (secondary N) is 1. The summed E-state index contributed by atoms with van der Waals surface area (Å²) in [5.41, 5.74) is 6.54. The van der Waals surface area contributed by atoms with Crippen LogP contribution in [0.5, 0.6) is 0 Å². The van der Waals surface area contributed by atoms with Crippen molar-refractivity contribution in [1.82, 2.24) is 14.7 Å². The number of fused-ring (bicyclic) bond motifs is 1. The molecule has 1 fully saturated rings. The van der Waals surface area contributed by atoms with Gasteiger partial charge in [-0.1, -0.05) is 6.07 Å². The summed E-state index contributed by atoms with van der Waals surface area (Å²) in [5, 5.41) is 4.27. The van der Waals surface area contributed by atoms with E-state index in [1.165, 1.54) is 0 Å². The number of rotatable bonds is 5. The first kappa shape index (κ1) is 17.4. The number of aryl methyl sites for hydroxylation is 1. The highest BCUT2D eigenvalue weighted by molar-refractivity contribution is 5.92. The van der Waals surface area contributed by atoms with Crippen molar-refractivity contribution in [3.05, 3.63) is 58.3 Å². The first-order valence-electron chi connectivity index (χ1n) is 8.98. The molecule has 2 aliphatic rings. The molecule has 8 nitrogen and oxygen atoms in total. The maximum Gasteiger partial charge on any atom is 0.246 e. The van der Waals surface area contributed by atoms with Gasteiger partial charge in [0.2, 0.25) is 12.5 Å². The minimum absolute atomic E-state index is 0.0192. The van der Waals surface area contributed by atoms with E-state index in [1.54, 1.807) is 15.7 Å². The minimum Gasteiger partial charge on any atom is -0.368 e. The molecule has 1 saturated heterocycles. The second kappa shape index (κ2) is 7.32. The van der Waals surface area contributed by atoms with E-state index in [0.717, 1.165) is 27.4 Å². The predicted molar refractivity (Wildman–Crippen MR) is 99.7 cm³/mol. The number of anilines is 1. The predicted octanol–water partition coefficient (Wildman–Crippen LogP) is 1.52. The SMILES string of the molecule is Cn1ccc(COC2CN(C(=O)C=Cc3ccc4c(c3)CC[N+](=O)N4)C2)n1. The van der Waals surface area contributed by atoms with Gasteiger partial charge in [0, 0.05) is 38.8 Å². The second-order valence-corrected chi connectivity index (χ2v) is 6.87. The van der Waals surface area contributed by atoms with Gasteiger partial charge >= 0.3 is 0 Å². The number of carbonyl (C=O) groups is 1. The van der Waals surface area contributed by atoms with E-state index < -0.39 is 0 Å². The Morgan fingerprint density at radius 3 is 3.04 bits per heavy atom. The Hall–Kier alpha value is -3.00. The van der Waals surface area contributed by atoms with E-state index in [9.17, 15) is 9.70 Å². The van der Waals surface area contributed by atoms with Gasteiger partial charge in [0.15, 0.2) is 0 Å². The van der Waals surface area contributed by atoms with Crippen molar-refractivity contribution in [3.63, 3.8) is 0 Å². The van der Waals surface area contributed by atoms with E-state index >= 15 is 0 Å². The van der Waals surface area contributed by atoms with Gasteiger partial charge in [-0.2, -0.15) is 5.10 Å². The van der Waals surface area contributed by atoms with Gasteiger partial charge < -0.3 is 9.64 Å². The Morgan fingerprint density at radius 1 is 1.41 bits per heavy atom. The van der Waals surface area contributed by atoms with Gasteiger partial charge in [-0.05, 0) is 35.4 Å². The van der Waals surface area contributed by atoms with E-state index in [-0.39, 0.29) is 12.0 Å². The molecule has 1 aromatic heterocycles. The van der Waals surface area contributed by atoms with Crippen LogP contribution < -0.4 is 5.43 Å². The third-order valence-electron chi connectivity index (χ3n) is 4.77. The Bertz CT molecular complexity index is 899. The van der Waals surface area contributed by atoms with E-state index in [2.05, 4.69) is 10.5 Å². The van der Waals surface area contributed by atoms with Crippen LogP contribution in [0.25, 0.3) is 6.08 Å². The number of benzene rings is 1. The summed E-state index contributed by atoms with van der Waals surface area (Å²) in [5.74, 6) is -0.0192. The summed E-state index contributed by atoms with van der Waals surface area (Å²) < 4.78 is 7.50. The minimum atomic E-state index is -0.0192. The lowest BCUT2D eigenvalue weighted by Crippen LogP contribution is -2.54. The molecule has 3 heterocycles. The van der Waals surface area contributed by atoms with Gasteiger partial charge in [-0.25, -0.2) is 0 Å². The highest BCUT2D eigenvalue weighted by atomic mass is 16.5. The van der Waals surface area contributed by atoms with Crippen LogP contribution in [-0.4, -0.2) is 51.2 Å². The number of likely N-dealkylation sites (tertiary alicyclic amines) is 1. The third-order valence-corrected chi connectivity index (χ3v) is 4.77. The number of nitroso groups, excluding NO2 is 1. The maximum atomic E-state index is 12.3. The van der Waals surface area contributed by atoms with Crippen molar-refractivity contribution >= 4 is 17.7 Å². The molecule has 0 atom stereocenters. The fourth-order valence-electron chi connectivity index (χ4n) is 3.19. The maximum absolute atomic E-state index is 12.3. The van der Waals surface area contributed by atoms with Crippen molar-refractivity contribution in [2.75, 3.05) is 25.1 Å². The summed E-state index contributed by atoms with van der Waals surface area (Å²) >= 11 is 0. The molecule has 2 aromatic rings. The van der Waals surface area contributed by atoms with E-state index in [1.807, 2.05) is 43.6 Å². The zero-order chi connectivity index (χ0) is 18.8. The zero-order valence-corrected chi connectivity index (χ0v) is 15.2. The average Bonchev–Trinajstić information content (AvgIpc) is 3.03. The second-order valence-electron chi connectivity index (χ2n) is 6.87. The van der Waals surface area contributed by atoms with Crippen LogP contribution in [0.3, 0.4) is 0 Å². The lowest BCUT2D eigenvalue weighted by Gasteiger charge is -2.38. The van der Waals surface area contributed by atoms with Gasteiger partial charge in [0.25, 0.3) is 0 Å². The number of ether oxygens (including phenoxy) is 1. The first-order valence-corrected chi connectivity index (χ1v) is 8.98. The Balaban J connectivity index is 1.26. The van der Waals surface area contributed by atoms with Crippen LogP contribution in [0.2, 0.25) is 0 Å². The molecule has 0 spiro atoms. The molecule has 0 saturated carbocycles. The number of hydrazine groups is 1. The van der Waals surface area contributed by atoms with E-state index in [4.69, 9.17) is 4.74 Å². The van der Waals surface area contributed by atoms with Crippen LogP contribution in [0, 0.1) is 4.91 Å². The Morgan fingerprint density at radius 2 is 2.26 bits per heavy atom.